The Morgan fingerprint density at radius 3 is 2.88 bits per heavy atom. The molecule has 1 fully saturated rings. The van der Waals surface area contributed by atoms with Crippen LogP contribution in [0.25, 0.3) is 0 Å². The standard InChI is InChI=1S/C10H19N3O2S/c1-9-4-3-5-13(8-9)16(14,15)12-7-10(2)6-11/h9-10,12H,3-5,7-8H2,1-2H3. The Bertz CT molecular complexity index is 361. The van der Waals surface area contributed by atoms with Crippen molar-refractivity contribution in [2.45, 2.75) is 26.7 Å². The largest absolute Gasteiger partial charge is 0.279 e. The molecular weight excluding hydrogens is 226 g/mol. The number of rotatable bonds is 4. The van der Waals surface area contributed by atoms with E-state index in [0.29, 0.717) is 19.0 Å². The molecule has 92 valence electrons. The first-order valence-electron chi connectivity index (χ1n) is 5.60. The molecule has 0 radical (unpaired) electrons. The first-order chi connectivity index (χ1) is 7.45. The summed E-state index contributed by atoms with van der Waals surface area (Å²) in [7, 11) is -3.39. The third-order valence-electron chi connectivity index (χ3n) is 2.75. The van der Waals surface area contributed by atoms with Crippen molar-refractivity contribution in [1.29, 1.82) is 5.26 Å². The molecule has 0 aliphatic carbocycles. The molecular formula is C10H19N3O2S. The third-order valence-corrected chi connectivity index (χ3v) is 4.29. The van der Waals surface area contributed by atoms with Crippen LogP contribution in [0.2, 0.25) is 0 Å². The lowest BCUT2D eigenvalue weighted by molar-refractivity contribution is 0.278. The van der Waals surface area contributed by atoms with Crippen LogP contribution >= 0.6 is 0 Å². The van der Waals surface area contributed by atoms with Gasteiger partial charge in [0.05, 0.1) is 12.0 Å². The molecule has 0 amide bonds. The molecule has 1 rings (SSSR count). The fourth-order valence-electron chi connectivity index (χ4n) is 1.73. The topological polar surface area (TPSA) is 73.2 Å². The molecule has 2 unspecified atom stereocenters. The molecule has 1 aliphatic rings. The van der Waals surface area contributed by atoms with Crippen LogP contribution in [0.3, 0.4) is 0 Å². The molecule has 16 heavy (non-hydrogen) atoms. The molecule has 0 aromatic heterocycles. The molecule has 0 spiro atoms. The van der Waals surface area contributed by atoms with E-state index in [1.807, 2.05) is 6.07 Å². The lowest BCUT2D eigenvalue weighted by Gasteiger charge is -2.30. The molecule has 5 nitrogen and oxygen atoms in total. The summed E-state index contributed by atoms with van der Waals surface area (Å²) < 4.78 is 27.7. The van der Waals surface area contributed by atoms with Gasteiger partial charge in [0.2, 0.25) is 0 Å². The minimum atomic E-state index is -3.39. The van der Waals surface area contributed by atoms with Gasteiger partial charge in [0, 0.05) is 19.6 Å². The van der Waals surface area contributed by atoms with Crippen LogP contribution in [-0.4, -0.2) is 32.4 Å². The zero-order valence-electron chi connectivity index (χ0n) is 9.81. The van der Waals surface area contributed by atoms with E-state index in [4.69, 9.17) is 5.26 Å². The van der Waals surface area contributed by atoms with Crippen LogP contribution < -0.4 is 4.72 Å². The Kier molecular flexibility index (Phi) is 4.71. The average molecular weight is 245 g/mol. The van der Waals surface area contributed by atoms with Crippen molar-refractivity contribution in [1.82, 2.24) is 9.03 Å². The van der Waals surface area contributed by atoms with Crippen molar-refractivity contribution < 1.29 is 8.42 Å². The number of nitrogens with zero attached hydrogens (tertiary/aromatic N) is 2. The van der Waals surface area contributed by atoms with Gasteiger partial charge in [-0.05, 0) is 25.7 Å². The molecule has 1 heterocycles. The smallest absolute Gasteiger partial charge is 0.201 e. The summed E-state index contributed by atoms with van der Waals surface area (Å²) in [6, 6.07) is 2.00. The molecule has 6 heteroatoms. The number of nitriles is 1. The average Bonchev–Trinajstić information content (AvgIpc) is 2.26. The number of piperidine rings is 1. The lowest BCUT2D eigenvalue weighted by Crippen LogP contribution is -2.46. The number of nitrogens with one attached hydrogen (secondary N) is 1. The summed E-state index contributed by atoms with van der Waals surface area (Å²) in [5, 5.41) is 8.59. The van der Waals surface area contributed by atoms with E-state index in [2.05, 4.69) is 11.6 Å². The monoisotopic (exact) mass is 245 g/mol. The number of hydrogen-bond acceptors (Lipinski definition) is 3. The molecule has 1 aliphatic heterocycles. The fraction of sp³-hybridized carbons (Fsp3) is 0.900. The summed E-state index contributed by atoms with van der Waals surface area (Å²) in [5.41, 5.74) is 0. The van der Waals surface area contributed by atoms with Crippen molar-refractivity contribution >= 4 is 10.2 Å². The van der Waals surface area contributed by atoms with Gasteiger partial charge in [-0.1, -0.05) is 6.92 Å². The second-order valence-electron chi connectivity index (χ2n) is 4.49. The highest BCUT2D eigenvalue weighted by molar-refractivity contribution is 7.87. The maximum absolute atomic E-state index is 11.9. The highest BCUT2D eigenvalue weighted by atomic mass is 32.2. The molecule has 0 saturated carbocycles. The van der Waals surface area contributed by atoms with Crippen LogP contribution in [0.1, 0.15) is 26.7 Å². The summed E-state index contributed by atoms with van der Waals surface area (Å²) in [6.45, 7) is 5.10. The predicted octanol–water partition coefficient (Wildman–Crippen LogP) is 0.712. The van der Waals surface area contributed by atoms with Crippen LogP contribution in [-0.2, 0) is 10.2 Å². The van der Waals surface area contributed by atoms with E-state index in [0.717, 1.165) is 12.8 Å². The normalized spacial score (nSPS) is 24.9. The van der Waals surface area contributed by atoms with Crippen LogP contribution in [0.5, 0.6) is 0 Å². The minimum absolute atomic E-state index is 0.184. The first-order valence-corrected chi connectivity index (χ1v) is 7.04. The Morgan fingerprint density at radius 2 is 2.31 bits per heavy atom. The van der Waals surface area contributed by atoms with Crippen LogP contribution in [0, 0.1) is 23.2 Å². The fourth-order valence-corrected chi connectivity index (χ4v) is 3.20. The van der Waals surface area contributed by atoms with Crippen molar-refractivity contribution in [3.05, 3.63) is 0 Å². The van der Waals surface area contributed by atoms with Crippen molar-refractivity contribution in [3.63, 3.8) is 0 Å². The van der Waals surface area contributed by atoms with Gasteiger partial charge in [0.1, 0.15) is 0 Å². The van der Waals surface area contributed by atoms with Crippen LogP contribution in [0.15, 0.2) is 0 Å². The van der Waals surface area contributed by atoms with Gasteiger partial charge in [-0.25, -0.2) is 4.72 Å². The van der Waals surface area contributed by atoms with Crippen LogP contribution in [0.4, 0.5) is 0 Å². The first kappa shape index (κ1) is 13.4. The molecule has 1 N–H and O–H groups in total. The van der Waals surface area contributed by atoms with E-state index in [1.165, 1.54) is 4.31 Å². The molecule has 0 aromatic carbocycles. The predicted molar refractivity (Wildman–Crippen MR) is 61.7 cm³/mol. The van der Waals surface area contributed by atoms with Gasteiger partial charge < -0.3 is 0 Å². The van der Waals surface area contributed by atoms with Gasteiger partial charge >= 0.3 is 0 Å². The highest BCUT2D eigenvalue weighted by Gasteiger charge is 2.26. The van der Waals surface area contributed by atoms with E-state index >= 15 is 0 Å². The summed E-state index contributed by atoms with van der Waals surface area (Å²) in [5.74, 6) is 0.121. The lowest BCUT2D eigenvalue weighted by atomic mass is 10.0. The zero-order chi connectivity index (χ0) is 12.2. The van der Waals surface area contributed by atoms with Gasteiger partial charge in [-0.3, -0.25) is 0 Å². The Hall–Kier alpha value is -0.640. The maximum Gasteiger partial charge on any atom is 0.279 e. The molecule has 0 aromatic rings. The van der Waals surface area contributed by atoms with Gasteiger partial charge in [-0.15, -0.1) is 0 Å². The molecule has 0 bridgehead atoms. The summed E-state index contributed by atoms with van der Waals surface area (Å²) in [4.78, 5) is 0. The van der Waals surface area contributed by atoms with Crippen molar-refractivity contribution in [3.8, 4) is 6.07 Å². The van der Waals surface area contributed by atoms with Crippen molar-refractivity contribution in [2.24, 2.45) is 11.8 Å². The quantitative estimate of drug-likeness (QED) is 0.793. The van der Waals surface area contributed by atoms with Gasteiger partial charge in [0.25, 0.3) is 10.2 Å². The Balaban J connectivity index is 2.53. The minimum Gasteiger partial charge on any atom is -0.201 e. The second kappa shape index (κ2) is 5.62. The third kappa shape index (κ3) is 3.74. The highest BCUT2D eigenvalue weighted by Crippen LogP contribution is 2.17. The van der Waals surface area contributed by atoms with Crippen molar-refractivity contribution in [2.75, 3.05) is 19.6 Å². The van der Waals surface area contributed by atoms with Gasteiger partial charge in [-0.2, -0.15) is 18.0 Å². The van der Waals surface area contributed by atoms with E-state index in [1.54, 1.807) is 6.92 Å². The molecule has 1 saturated heterocycles. The van der Waals surface area contributed by atoms with E-state index < -0.39 is 10.2 Å². The summed E-state index contributed by atoms with van der Waals surface area (Å²) >= 11 is 0. The van der Waals surface area contributed by atoms with E-state index in [-0.39, 0.29) is 12.5 Å². The van der Waals surface area contributed by atoms with E-state index in [9.17, 15) is 8.42 Å². The maximum atomic E-state index is 11.9. The number of hydrogen-bond donors (Lipinski definition) is 1. The Labute approximate surface area is 97.6 Å². The molecule has 2 atom stereocenters. The zero-order valence-corrected chi connectivity index (χ0v) is 10.6. The van der Waals surface area contributed by atoms with Gasteiger partial charge in [0.15, 0.2) is 0 Å². The Morgan fingerprint density at radius 1 is 1.62 bits per heavy atom. The summed E-state index contributed by atoms with van der Waals surface area (Å²) in [6.07, 6.45) is 2.00. The second-order valence-corrected chi connectivity index (χ2v) is 6.24. The SMILES string of the molecule is CC(C#N)CNS(=O)(=O)N1CCCC(C)C1.